The van der Waals surface area contributed by atoms with Crippen LogP contribution in [0.15, 0.2) is 67.0 Å². The summed E-state index contributed by atoms with van der Waals surface area (Å²) >= 11 is 0. The Hall–Kier alpha value is -4.02. The summed E-state index contributed by atoms with van der Waals surface area (Å²) in [6.07, 6.45) is 3.23. The van der Waals surface area contributed by atoms with E-state index in [1.54, 1.807) is 23.1 Å². The quantitative estimate of drug-likeness (QED) is 0.525. The Labute approximate surface area is 166 Å². The average Bonchev–Trinajstić information content (AvgIpc) is 3.15. The van der Waals surface area contributed by atoms with E-state index in [-0.39, 0.29) is 12.3 Å². The van der Waals surface area contributed by atoms with E-state index in [0.717, 1.165) is 16.8 Å². The summed E-state index contributed by atoms with van der Waals surface area (Å²) in [6.45, 7) is -0.178. The van der Waals surface area contributed by atoms with Crippen molar-refractivity contribution in [3.8, 4) is 17.5 Å². The maximum Gasteiger partial charge on any atom is 0.269 e. The molecule has 0 unspecified atom stereocenters. The first-order valence-electron chi connectivity index (χ1n) is 8.94. The number of primary amides is 1. The number of carbonyl (C=O) groups excluding carboxylic acids is 1. The second kappa shape index (κ2) is 7.92. The molecule has 2 aromatic carbocycles. The monoisotopic (exact) mass is 383 g/mol. The van der Waals surface area contributed by atoms with E-state index in [4.69, 9.17) is 5.73 Å². The van der Waals surface area contributed by atoms with E-state index in [1.165, 1.54) is 0 Å². The van der Waals surface area contributed by atoms with Crippen LogP contribution in [-0.4, -0.2) is 37.4 Å². The van der Waals surface area contributed by atoms with Crippen molar-refractivity contribution in [3.63, 3.8) is 0 Å². The Bertz CT molecular complexity index is 1240. The molecule has 0 aliphatic heterocycles. The van der Waals surface area contributed by atoms with Crippen LogP contribution in [0.4, 0.5) is 0 Å². The van der Waals surface area contributed by atoms with Gasteiger partial charge in [-0.2, -0.15) is 5.10 Å². The molecule has 0 aliphatic carbocycles. The van der Waals surface area contributed by atoms with Crippen LogP contribution in [0.3, 0.4) is 0 Å². The van der Waals surface area contributed by atoms with Gasteiger partial charge >= 0.3 is 0 Å². The predicted molar refractivity (Wildman–Crippen MR) is 108 cm³/mol. The van der Waals surface area contributed by atoms with Gasteiger partial charge in [0, 0.05) is 23.3 Å². The minimum absolute atomic E-state index is 0.178. The molecular weight excluding hydrogens is 366 g/mol. The number of nitrogens with two attached hydrogens (primary N) is 1. The van der Waals surface area contributed by atoms with Crippen LogP contribution in [0.25, 0.3) is 16.6 Å². The number of para-hydroxylation sites is 1. The van der Waals surface area contributed by atoms with E-state index in [1.807, 2.05) is 48.5 Å². The smallest absolute Gasteiger partial charge is 0.269 e. The summed E-state index contributed by atoms with van der Waals surface area (Å²) in [5.41, 5.74) is 7.96. The van der Waals surface area contributed by atoms with Crippen molar-refractivity contribution in [2.24, 2.45) is 5.73 Å². The number of benzene rings is 2. The van der Waals surface area contributed by atoms with Crippen LogP contribution in [0.5, 0.6) is 0 Å². The van der Waals surface area contributed by atoms with Crippen molar-refractivity contribution in [3.05, 3.63) is 84.1 Å². The Kier molecular flexibility index (Phi) is 5.01. The van der Waals surface area contributed by atoms with Crippen molar-refractivity contribution >= 4 is 16.8 Å². The number of rotatable bonds is 4. The van der Waals surface area contributed by atoms with E-state index in [0.29, 0.717) is 11.2 Å². The van der Waals surface area contributed by atoms with Crippen LogP contribution in [0.2, 0.25) is 0 Å². The van der Waals surface area contributed by atoms with Gasteiger partial charge in [-0.1, -0.05) is 36.1 Å². The number of hydrogen-bond acceptors (Lipinski definition) is 5. The molecule has 0 radical (unpaired) electrons. The number of aromatic nitrogens is 4. The van der Waals surface area contributed by atoms with Gasteiger partial charge in [-0.05, 0) is 30.3 Å². The van der Waals surface area contributed by atoms with Crippen molar-refractivity contribution in [1.82, 2.24) is 19.7 Å². The first-order valence-corrected chi connectivity index (χ1v) is 8.94. The van der Waals surface area contributed by atoms with Crippen LogP contribution < -0.4 is 5.73 Å². The molecule has 0 spiro atoms. The number of carbonyl (C=O) groups is 1. The number of aliphatic hydroxyl groups excluding tert-OH is 1. The molecule has 0 bridgehead atoms. The lowest BCUT2D eigenvalue weighted by Crippen LogP contribution is -2.12. The van der Waals surface area contributed by atoms with Crippen LogP contribution in [-0.2, 0) is 0 Å². The summed E-state index contributed by atoms with van der Waals surface area (Å²) in [6, 6.07) is 16.6. The highest BCUT2D eigenvalue weighted by Gasteiger charge is 2.15. The zero-order chi connectivity index (χ0) is 20.2. The molecule has 0 aliphatic rings. The predicted octanol–water partition coefficient (Wildman–Crippen LogP) is 2.04. The van der Waals surface area contributed by atoms with E-state index < -0.39 is 11.8 Å². The van der Waals surface area contributed by atoms with Crippen molar-refractivity contribution < 1.29 is 9.90 Å². The third kappa shape index (κ3) is 3.70. The largest absolute Gasteiger partial charge is 0.395 e. The lowest BCUT2D eigenvalue weighted by atomic mass is 10.1. The van der Waals surface area contributed by atoms with Gasteiger partial charge in [0.25, 0.3) is 5.91 Å². The van der Waals surface area contributed by atoms with Crippen LogP contribution in [0.1, 0.15) is 27.8 Å². The molecule has 1 atom stereocenters. The van der Waals surface area contributed by atoms with Crippen molar-refractivity contribution in [1.29, 1.82) is 0 Å². The molecule has 2 heterocycles. The highest BCUT2D eigenvalue weighted by Crippen LogP contribution is 2.22. The molecule has 7 heteroatoms. The van der Waals surface area contributed by atoms with Crippen LogP contribution >= 0.6 is 0 Å². The molecular formula is C22H17N5O2. The lowest BCUT2D eigenvalue weighted by molar-refractivity contribution is 0.0996. The molecule has 4 aromatic rings. The fourth-order valence-corrected chi connectivity index (χ4v) is 3.01. The molecule has 142 valence electrons. The fourth-order valence-electron chi connectivity index (χ4n) is 3.01. The topological polar surface area (TPSA) is 107 Å². The summed E-state index contributed by atoms with van der Waals surface area (Å²) in [4.78, 5) is 20.1. The number of amides is 1. The van der Waals surface area contributed by atoms with E-state index in [2.05, 4.69) is 26.9 Å². The first-order chi connectivity index (χ1) is 14.2. The van der Waals surface area contributed by atoms with Gasteiger partial charge in [0.15, 0.2) is 5.69 Å². The molecule has 4 rings (SSSR count). The number of aliphatic hydroxyl groups is 1. The van der Waals surface area contributed by atoms with E-state index in [9.17, 15) is 9.90 Å². The molecule has 1 amide bonds. The maximum absolute atomic E-state index is 11.8. The standard InChI is InChI=1S/C22H17N5O2/c23-21(29)20-18-7-1-2-8-19(18)27(26-20)17-6-3-5-15(13-17)9-10-16(14-28)22-24-11-4-12-25-22/h1-8,11-13,16,28H,14H2,(H2,23,29)/t16-/m0/s1. The zero-order valence-corrected chi connectivity index (χ0v) is 15.4. The fraction of sp³-hybridized carbons (Fsp3) is 0.0909. The average molecular weight is 383 g/mol. The highest BCUT2D eigenvalue weighted by atomic mass is 16.3. The Morgan fingerprint density at radius 1 is 1.10 bits per heavy atom. The molecule has 3 N–H and O–H groups in total. The second-order valence-electron chi connectivity index (χ2n) is 6.30. The molecule has 2 aromatic heterocycles. The number of nitrogens with zero attached hydrogens (tertiary/aromatic N) is 4. The molecule has 0 saturated heterocycles. The maximum atomic E-state index is 11.8. The Morgan fingerprint density at radius 3 is 2.66 bits per heavy atom. The van der Waals surface area contributed by atoms with Gasteiger partial charge < -0.3 is 10.8 Å². The minimum Gasteiger partial charge on any atom is -0.395 e. The van der Waals surface area contributed by atoms with Gasteiger partial charge in [-0.3, -0.25) is 4.79 Å². The van der Waals surface area contributed by atoms with Gasteiger partial charge in [0.05, 0.1) is 17.8 Å². The second-order valence-corrected chi connectivity index (χ2v) is 6.30. The van der Waals surface area contributed by atoms with Crippen molar-refractivity contribution in [2.45, 2.75) is 5.92 Å². The Balaban J connectivity index is 1.73. The van der Waals surface area contributed by atoms with Gasteiger partial charge in [-0.25, -0.2) is 14.6 Å². The minimum atomic E-state index is -0.579. The van der Waals surface area contributed by atoms with Crippen LogP contribution in [0, 0.1) is 11.8 Å². The zero-order valence-electron chi connectivity index (χ0n) is 15.4. The summed E-state index contributed by atoms with van der Waals surface area (Å²) in [5, 5.41) is 14.7. The summed E-state index contributed by atoms with van der Waals surface area (Å²) < 4.78 is 1.67. The third-order valence-corrected chi connectivity index (χ3v) is 4.38. The Morgan fingerprint density at radius 2 is 1.90 bits per heavy atom. The number of hydrogen-bond donors (Lipinski definition) is 2. The highest BCUT2D eigenvalue weighted by molar-refractivity contribution is 6.04. The molecule has 7 nitrogen and oxygen atoms in total. The summed E-state index contributed by atoms with van der Waals surface area (Å²) in [5.74, 6) is 5.49. The molecule has 0 fully saturated rings. The summed E-state index contributed by atoms with van der Waals surface area (Å²) in [7, 11) is 0. The third-order valence-electron chi connectivity index (χ3n) is 4.38. The lowest BCUT2D eigenvalue weighted by Gasteiger charge is -2.05. The SMILES string of the molecule is NC(=O)c1nn(-c2cccc(C#C[C@@H](CO)c3ncccn3)c2)c2ccccc12. The normalized spacial score (nSPS) is 11.6. The van der Waals surface area contributed by atoms with Gasteiger partial charge in [0.1, 0.15) is 11.7 Å². The molecule has 0 saturated carbocycles. The van der Waals surface area contributed by atoms with Gasteiger partial charge in [-0.15, -0.1) is 0 Å². The van der Waals surface area contributed by atoms with Crippen molar-refractivity contribution in [2.75, 3.05) is 6.61 Å². The van der Waals surface area contributed by atoms with Gasteiger partial charge in [0.2, 0.25) is 0 Å². The first kappa shape index (κ1) is 18.3. The van der Waals surface area contributed by atoms with E-state index >= 15 is 0 Å². The molecule has 29 heavy (non-hydrogen) atoms. The number of fused-ring (bicyclic) bond motifs is 1.